The molecule has 0 amide bonds. The van der Waals surface area contributed by atoms with E-state index in [9.17, 15) is 9.59 Å². The summed E-state index contributed by atoms with van der Waals surface area (Å²) in [5.74, 6) is -0.662. The van der Waals surface area contributed by atoms with Crippen molar-refractivity contribution in [3.8, 4) is 5.75 Å². The lowest BCUT2D eigenvalue weighted by atomic mass is 9.99. The van der Waals surface area contributed by atoms with E-state index in [0.717, 1.165) is 11.1 Å². The van der Waals surface area contributed by atoms with Crippen molar-refractivity contribution in [2.45, 2.75) is 26.8 Å². The van der Waals surface area contributed by atoms with Crippen LogP contribution in [0.3, 0.4) is 0 Å². The summed E-state index contributed by atoms with van der Waals surface area (Å²) in [5.41, 5.74) is 2.50. The second kappa shape index (κ2) is 6.33. The third kappa shape index (κ3) is 3.79. The zero-order valence-electron chi connectivity index (χ0n) is 11.6. The van der Waals surface area contributed by atoms with Crippen molar-refractivity contribution in [3.63, 3.8) is 0 Å². The molecule has 2 N–H and O–H groups in total. The molecule has 0 radical (unpaired) electrons. The lowest BCUT2D eigenvalue weighted by Crippen LogP contribution is -2.37. The number of carboxylic acids is 1. The molecule has 0 spiro atoms. The van der Waals surface area contributed by atoms with Crippen LogP contribution in [0.25, 0.3) is 0 Å². The molecule has 0 saturated heterocycles. The summed E-state index contributed by atoms with van der Waals surface area (Å²) in [7, 11) is 1.51. The van der Waals surface area contributed by atoms with Gasteiger partial charge in [0.15, 0.2) is 5.78 Å². The zero-order chi connectivity index (χ0) is 14.6. The number of carbonyl (C=O) groups excluding carboxylic acids is 1. The topological polar surface area (TPSA) is 75.6 Å². The minimum Gasteiger partial charge on any atom is -0.496 e. The van der Waals surface area contributed by atoms with Crippen molar-refractivity contribution in [2.24, 2.45) is 0 Å². The standard InChI is InChI=1S/C14H19NO4/c1-8-5-11(12(19-4)6-9(8)2)14(18)10(3)15-7-13(16)17/h5-6,10,15H,7H2,1-4H3,(H,16,17). The molecule has 0 bridgehead atoms. The van der Waals surface area contributed by atoms with Crippen molar-refractivity contribution < 1.29 is 19.4 Å². The van der Waals surface area contributed by atoms with Gasteiger partial charge in [-0.3, -0.25) is 14.9 Å². The monoisotopic (exact) mass is 265 g/mol. The second-order valence-electron chi connectivity index (χ2n) is 4.50. The fourth-order valence-corrected chi connectivity index (χ4v) is 1.72. The van der Waals surface area contributed by atoms with Crippen LogP contribution in [-0.4, -0.2) is 36.6 Å². The molecule has 0 aromatic heterocycles. The minimum atomic E-state index is -0.994. The highest BCUT2D eigenvalue weighted by atomic mass is 16.5. The quantitative estimate of drug-likeness (QED) is 0.763. The van der Waals surface area contributed by atoms with Gasteiger partial charge in [-0.2, -0.15) is 0 Å². The number of ketones is 1. The highest BCUT2D eigenvalue weighted by molar-refractivity contribution is 6.02. The Morgan fingerprint density at radius 1 is 1.32 bits per heavy atom. The number of hydrogen-bond donors (Lipinski definition) is 2. The number of carboxylic acid groups (broad SMARTS) is 1. The number of aryl methyl sites for hydroxylation is 2. The van der Waals surface area contributed by atoms with Crippen LogP contribution in [0, 0.1) is 13.8 Å². The number of rotatable bonds is 6. The van der Waals surface area contributed by atoms with E-state index >= 15 is 0 Å². The van der Waals surface area contributed by atoms with Crippen LogP contribution in [0.15, 0.2) is 12.1 Å². The number of benzene rings is 1. The van der Waals surface area contributed by atoms with Gasteiger partial charge in [-0.1, -0.05) is 0 Å². The predicted molar refractivity (Wildman–Crippen MR) is 71.9 cm³/mol. The third-order valence-corrected chi connectivity index (χ3v) is 3.03. The van der Waals surface area contributed by atoms with Gasteiger partial charge >= 0.3 is 5.97 Å². The van der Waals surface area contributed by atoms with Crippen LogP contribution in [0.1, 0.15) is 28.4 Å². The van der Waals surface area contributed by atoms with E-state index in [2.05, 4.69) is 5.32 Å². The molecule has 1 rings (SSSR count). The first kappa shape index (κ1) is 15.2. The van der Waals surface area contributed by atoms with Gasteiger partial charge in [0.2, 0.25) is 0 Å². The molecule has 1 aromatic carbocycles. The van der Waals surface area contributed by atoms with Crippen molar-refractivity contribution >= 4 is 11.8 Å². The molecular formula is C14H19NO4. The van der Waals surface area contributed by atoms with E-state index in [1.165, 1.54) is 7.11 Å². The number of nitrogens with one attached hydrogen (secondary N) is 1. The lowest BCUT2D eigenvalue weighted by Gasteiger charge is -2.15. The molecule has 5 nitrogen and oxygen atoms in total. The summed E-state index contributed by atoms with van der Waals surface area (Å²) in [6.45, 7) is 5.25. The summed E-state index contributed by atoms with van der Waals surface area (Å²) in [6, 6.07) is 3.01. The van der Waals surface area contributed by atoms with E-state index in [1.54, 1.807) is 13.0 Å². The molecule has 0 heterocycles. The van der Waals surface area contributed by atoms with Gasteiger partial charge in [0, 0.05) is 0 Å². The Balaban J connectivity index is 2.98. The van der Waals surface area contributed by atoms with Gasteiger partial charge in [-0.15, -0.1) is 0 Å². The molecule has 1 unspecified atom stereocenters. The van der Waals surface area contributed by atoms with Crippen LogP contribution in [0.4, 0.5) is 0 Å². The number of carbonyl (C=O) groups is 2. The van der Waals surface area contributed by atoms with Gasteiger partial charge in [0.05, 0.1) is 25.3 Å². The van der Waals surface area contributed by atoms with Crippen LogP contribution in [-0.2, 0) is 4.79 Å². The number of aliphatic carboxylic acids is 1. The molecule has 1 atom stereocenters. The smallest absolute Gasteiger partial charge is 0.317 e. The van der Waals surface area contributed by atoms with Gasteiger partial charge in [0.1, 0.15) is 5.75 Å². The van der Waals surface area contributed by atoms with Crippen molar-refractivity contribution in [3.05, 3.63) is 28.8 Å². The Morgan fingerprint density at radius 2 is 1.89 bits per heavy atom. The van der Waals surface area contributed by atoms with Gasteiger partial charge in [-0.25, -0.2) is 0 Å². The summed E-state index contributed by atoms with van der Waals surface area (Å²) < 4.78 is 5.21. The number of ether oxygens (including phenoxy) is 1. The molecule has 0 aliphatic rings. The normalized spacial score (nSPS) is 12.0. The third-order valence-electron chi connectivity index (χ3n) is 3.03. The van der Waals surface area contributed by atoms with Gasteiger partial charge in [0.25, 0.3) is 0 Å². The predicted octanol–water partition coefficient (Wildman–Crippen LogP) is 1.56. The zero-order valence-corrected chi connectivity index (χ0v) is 11.6. The average molecular weight is 265 g/mol. The fraction of sp³-hybridized carbons (Fsp3) is 0.429. The van der Waals surface area contributed by atoms with Crippen molar-refractivity contribution in [2.75, 3.05) is 13.7 Å². The summed E-state index contributed by atoms with van der Waals surface area (Å²) in [5, 5.41) is 11.3. The molecule has 1 aromatic rings. The van der Waals surface area contributed by atoms with E-state index < -0.39 is 12.0 Å². The Bertz CT molecular complexity index is 496. The molecule has 5 heteroatoms. The Labute approximate surface area is 112 Å². The fourth-order valence-electron chi connectivity index (χ4n) is 1.72. The Kier molecular flexibility index (Phi) is 5.06. The molecule has 0 saturated carbocycles. The first-order valence-electron chi connectivity index (χ1n) is 6.01. The van der Waals surface area contributed by atoms with E-state index in [0.29, 0.717) is 11.3 Å². The van der Waals surface area contributed by atoms with Crippen LogP contribution >= 0.6 is 0 Å². The number of Topliss-reactive ketones (excluding diaryl/α,β-unsaturated/α-hetero) is 1. The van der Waals surface area contributed by atoms with Gasteiger partial charge < -0.3 is 9.84 Å². The molecule has 0 aliphatic heterocycles. The maximum Gasteiger partial charge on any atom is 0.317 e. The van der Waals surface area contributed by atoms with E-state index in [4.69, 9.17) is 9.84 Å². The summed E-state index contributed by atoms with van der Waals surface area (Å²) in [4.78, 5) is 22.8. The SMILES string of the molecule is COc1cc(C)c(C)cc1C(=O)C(C)NCC(=O)O. The first-order valence-corrected chi connectivity index (χ1v) is 6.01. The van der Waals surface area contributed by atoms with Crippen LogP contribution < -0.4 is 10.1 Å². The Morgan fingerprint density at radius 3 is 2.42 bits per heavy atom. The molecule has 104 valence electrons. The average Bonchev–Trinajstić information content (AvgIpc) is 2.37. The number of hydrogen-bond acceptors (Lipinski definition) is 4. The minimum absolute atomic E-state index is 0.179. The van der Waals surface area contributed by atoms with E-state index in [1.807, 2.05) is 19.9 Å². The highest BCUT2D eigenvalue weighted by Crippen LogP contribution is 2.24. The molecule has 0 fully saturated rings. The highest BCUT2D eigenvalue weighted by Gasteiger charge is 2.20. The van der Waals surface area contributed by atoms with Crippen LogP contribution in [0.5, 0.6) is 5.75 Å². The van der Waals surface area contributed by atoms with Crippen LogP contribution in [0.2, 0.25) is 0 Å². The van der Waals surface area contributed by atoms with Gasteiger partial charge in [-0.05, 0) is 44.0 Å². The van der Waals surface area contributed by atoms with Crippen molar-refractivity contribution in [1.82, 2.24) is 5.32 Å². The Hall–Kier alpha value is -1.88. The second-order valence-corrected chi connectivity index (χ2v) is 4.50. The first-order chi connectivity index (χ1) is 8.86. The molecule has 0 aliphatic carbocycles. The van der Waals surface area contributed by atoms with Crippen molar-refractivity contribution in [1.29, 1.82) is 0 Å². The summed E-state index contributed by atoms with van der Waals surface area (Å²) >= 11 is 0. The molecule has 19 heavy (non-hydrogen) atoms. The van der Waals surface area contributed by atoms with E-state index in [-0.39, 0.29) is 12.3 Å². The maximum atomic E-state index is 12.3. The maximum absolute atomic E-state index is 12.3. The summed E-state index contributed by atoms with van der Waals surface area (Å²) in [6.07, 6.45) is 0. The molecular weight excluding hydrogens is 246 g/mol. The lowest BCUT2D eigenvalue weighted by molar-refractivity contribution is -0.136. The largest absolute Gasteiger partial charge is 0.496 e. The number of methoxy groups -OCH3 is 1.